The molecule has 0 bridgehead atoms. The second-order valence-electron chi connectivity index (χ2n) is 7.02. The molecule has 1 aliphatic heterocycles. The predicted octanol–water partition coefficient (Wildman–Crippen LogP) is 3.51. The fourth-order valence-electron chi connectivity index (χ4n) is 3.18. The number of rotatable bonds is 7. The van der Waals surface area contributed by atoms with Crippen LogP contribution in [0.4, 0.5) is 11.6 Å². The fraction of sp³-hybridized carbons (Fsp3) is 0.500. The minimum atomic E-state index is 0.675. The van der Waals surface area contributed by atoms with Crippen LogP contribution in [0.3, 0.4) is 0 Å². The lowest BCUT2D eigenvalue weighted by Gasteiger charge is -2.30. The van der Waals surface area contributed by atoms with E-state index in [4.69, 9.17) is 9.47 Å². The molecule has 0 fully saturated rings. The van der Waals surface area contributed by atoms with Gasteiger partial charge in [0, 0.05) is 25.7 Å². The molecule has 1 aromatic carbocycles. The zero-order valence-corrected chi connectivity index (χ0v) is 16.1. The van der Waals surface area contributed by atoms with Crippen LogP contribution >= 0.6 is 0 Å². The van der Waals surface area contributed by atoms with Crippen LogP contribution in [0, 0.1) is 5.92 Å². The minimum absolute atomic E-state index is 0.675. The molecule has 0 saturated heterocycles. The van der Waals surface area contributed by atoms with E-state index in [-0.39, 0.29) is 0 Å². The van der Waals surface area contributed by atoms with Crippen molar-refractivity contribution in [2.45, 2.75) is 33.2 Å². The topological polar surface area (TPSA) is 59.5 Å². The second kappa shape index (κ2) is 8.25. The number of methoxy groups -OCH3 is 2. The van der Waals surface area contributed by atoms with Crippen molar-refractivity contribution >= 4 is 11.6 Å². The average molecular weight is 356 g/mol. The van der Waals surface area contributed by atoms with E-state index in [1.54, 1.807) is 20.5 Å². The summed E-state index contributed by atoms with van der Waals surface area (Å²) < 4.78 is 10.9. The van der Waals surface area contributed by atoms with E-state index in [2.05, 4.69) is 46.2 Å². The fourth-order valence-corrected chi connectivity index (χ4v) is 3.18. The van der Waals surface area contributed by atoms with Crippen LogP contribution < -0.4 is 19.7 Å². The van der Waals surface area contributed by atoms with Gasteiger partial charge in [0.15, 0.2) is 11.5 Å². The molecule has 0 spiro atoms. The highest BCUT2D eigenvalue weighted by Gasteiger charge is 2.20. The molecule has 26 heavy (non-hydrogen) atoms. The first-order valence-corrected chi connectivity index (χ1v) is 9.15. The Morgan fingerprint density at radius 2 is 1.81 bits per heavy atom. The van der Waals surface area contributed by atoms with Crippen LogP contribution in [-0.4, -0.2) is 37.3 Å². The quantitative estimate of drug-likeness (QED) is 0.819. The molecule has 2 aromatic rings. The zero-order valence-electron chi connectivity index (χ0n) is 16.1. The number of nitrogens with one attached hydrogen (secondary N) is 1. The zero-order chi connectivity index (χ0) is 18.5. The van der Waals surface area contributed by atoms with Gasteiger partial charge in [-0.3, -0.25) is 0 Å². The first-order valence-electron chi connectivity index (χ1n) is 9.15. The molecule has 6 nitrogen and oxygen atoms in total. The van der Waals surface area contributed by atoms with Crippen LogP contribution in [0.1, 0.15) is 31.4 Å². The molecule has 6 heteroatoms. The number of hydrogen-bond donors (Lipinski definition) is 1. The van der Waals surface area contributed by atoms with E-state index in [1.807, 2.05) is 6.07 Å². The highest BCUT2D eigenvalue weighted by Crippen LogP contribution is 2.34. The summed E-state index contributed by atoms with van der Waals surface area (Å²) in [6.07, 6.45) is 3.71. The molecule has 0 atom stereocenters. The van der Waals surface area contributed by atoms with Gasteiger partial charge < -0.3 is 19.7 Å². The van der Waals surface area contributed by atoms with Gasteiger partial charge in [0.1, 0.15) is 18.0 Å². The lowest BCUT2D eigenvalue weighted by Crippen LogP contribution is -2.31. The summed E-state index contributed by atoms with van der Waals surface area (Å²) in [4.78, 5) is 11.1. The molecule has 1 N–H and O–H groups in total. The number of hydrogen-bond acceptors (Lipinski definition) is 6. The molecule has 0 radical (unpaired) electrons. The summed E-state index contributed by atoms with van der Waals surface area (Å²) in [7, 11) is 3.35. The van der Waals surface area contributed by atoms with Crippen molar-refractivity contribution in [2.75, 3.05) is 37.5 Å². The van der Waals surface area contributed by atoms with Gasteiger partial charge in [-0.15, -0.1) is 0 Å². The molecule has 3 rings (SSSR count). The van der Waals surface area contributed by atoms with Crippen molar-refractivity contribution in [2.24, 2.45) is 5.92 Å². The standard InChI is InChI=1S/C20H28N4O2/c1-14(2)5-7-21-19-11-20(23-13-22-19)24-8-6-15-9-17(25-3)18(26-4)10-16(15)12-24/h9-11,13-14H,5-8,12H2,1-4H3,(H,21,22,23). The third kappa shape index (κ3) is 4.18. The van der Waals surface area contributed by atoms with Crippen LogP contribution in [0.5, 0.6) is 11.5 Å². The lowest BCUT2D eigenvalue weighted by molar-refractivity contribution is 0.353. The van der Waals surface area contributed by atoms with Crippen LogP contribution in [0.2, 0.25) is 0 Å². The third-order valence-electron chi connectivity index (χ3n) is 4.72. The normalized spacial score (nSPS) is 13.5. The summed E-state index contributed by atoms with van der Waals surface area (Å²) in [5.74, 6) is 4.07. The monoisotopic (exact) mass is 356 g/mol. The summed E-state index contributed by atoms with van der Waals surface area (Å²) in [6.45, 7) is 7.10. The SMILES string of the molecule is COc1cc2c(cc1OC)CN(c1cc(NCCC(C)C)ncn1)CC2. The summed E-state index contributed by atoms with van der Waals surface area (Å²) in [5, 5.41) is 3.39. The average Bonchev–Trinajstić information content (AvgIpc) is 2.66. The predicted molar refractivity (Wildman–Crippen MR) is 104 cm³/mol. The van der Waals surface area contributed by atoms with Gasteiger partial charge in [-0.05, 0) is 42.0 Å². The molecule has 0 amide bonds. The number of benzene rings is 1. The minimum Gasteiger partial charge on any atom is -0.493 e. The Morgan fingerprint density at radius 3 is 2.50 bits per heavy atom. The molecular formula is C20H28N4O2. The maximum Gasteiger partial charge on any atom is 0.161 e. The van der Waals surface area contributed by atoms with Crippen molar-refractivity contribution in [3.8, 4) is 11.5 Å². The van der Waals surface area contributed by atoms with Crippen LogP contribution in [-0.2, 0) is 13.0 Å². The van der Waals surface area contributed by atoms with E-state index in [1.165, 1.54) is 11.1 Å². The van der Waals surface area contributed by atoms with Gasteiger partial charge in [-0.1, -0.05) is 13.8 Å². The van der Waals surface area contributed by atoms with E-state index in [9.17, 15) is 0 Å². The molecular weight excluding hydrogens is 328 g/mol. The van der Waals surface area contributed by atoms with Gasteiger partial charge in [-0.2, -0.15) is 0 Å². The maximum absolute atomic E-state index is 5.45. The van der Waals surface area contributed by atoms with E-state index < -0.39 is 0 Å². The highest BCUT2D eigenvalue weighted by atomic mass is 16.5. The number of aromatic nitrogens is 2. The number of fused-ring (bicyclic) bond motifs is 1. The summed E-state index contributed by atoms with van der Waals surface area (Å²) in [6, 6.07) is 6.19. The maximum atomic E-state index is 5.45. The Bertz CT molecular complexity index is 749. The van der Waals surface area contributed by atoms with E-state index in [0.29, 0.717) is 5.92 Å². The lowest BCUT2D eigenvalue weighted by atomic mass is 9.99. The smallest absolute Gasteiger partial charge is 0.161 e. The van der Waals surface area contributed by atoms with Crippen molar-refractivity contribution in [3.05, 3.63) is 35.7 Å². The number of nitrogens with zero attached hydrogens (tertiary/aromatic N) is 3. The molecule has 1 aliphatic rings. The van der Waals surface area contributed by atoms with E-state index >= 15 is 0 Å². The summed E-state index contributed by atoms with van der Waals surface area (Å²) in [5.41, 5.74) is 2.56. The van der Waals surface area contributed by atoms with Gasteiger partial charge in [0.2, 0.25) is 0 Å². The third-order valence-corrected chi connectivity index (χ3v) is 4.72. The molecule has 2 heterocycles. The van der Waals surface area contributed by atoms with Crippen molar-refractivity contribution < 1.29 is 9.47 Å². The first-order chi connectivity index (χ1) is 12.6. The molecule has 0 aliphatic carbocycles. The second-order valence-corrected chi connectivity index (χ2v) is 7.02. The van der Waals surface area contributed by atoms with Crippen LogP contribution in [0.15, 0.2) is 24.5 Å². The van der Waals surface area contributed by atoms with Crippen molar-refractivity contribution in [1.29, 1.82) is 0 Å². The van der Waals surface area contributed by atoms with Gasteiger partial charge in [0.05, 0.1) is 14.2 Å². The Morgan fingerprint density at radius 1 is 1.08 bits per heavy atom. The van der Waals surface area contributed by atoms with Gasteiger partial charge >= 0.3 is 0 Å². The number of anilines is 2. The molecule has 0 saturated carbocycles. The highest BCUT2D eigenvalue weighted by molar-refractivity contribution is 5.54. The molecule has 1 aromatic heterocycles. The Kier molecular flexibility index (Phi) is 5.81. The Labute approximate surface area is 155 Å². The molecule has 0 unspecified atom stereocenters. The summed E-state index contributed by atoms with van der Waals surface area (Å²) >= 11 is 0. The molecule has 140 valence electrons. The Hall–Kier alpha value is -2.50. The van der Waals surface area contributed by atoms with E-state index in [0.717, 1.165) is 55.6 Å². The first kappa shape index (κ1) is 18.3. The van der Waals surface area contributed by atoms with Crippen LogP contribution in [0.25, 0.3) is 0 Å². The largest absolute Gasteiger partial charge is 0.493 e. The Balaban J connectivity index is 1.74. The number of ether oxygens (including phenoxy) is 2. The van der Waals surface area contributed by atoms with Crippen molar-refractivity contribution in [1.82, 2.24) is 9.97 Å². The van der Waals surface area contributed by atoms with Gasteiger partial charge in [-0.25, -0.2) is 9.97 Å². The van der Waals surface area contributed by atoms with Gasteiger partial charge in [0.25, 0.3) is 0 Å². The van der Waals surface area contributed by atoms with Crippen molar-refractivity contribution in [3.63, 3.8) is 0 Å².